The summed E-state index contributed by atoms with van der Waals surface area (Å²) < 4.78 is 13.0. The largest absolute Gasteiger partial charge is 0.456 e. The molecule has 0 saturated carbocycles. The number of nitrogens with zero attached hydrogens (tertiary/aromatic N) is 3. The molecule has 0 unspecified atom stereocenters. The summed E-state index contributed by atoms with van der Waals surface area (Å²) in [4.78, 5) is 15.8. The fourth-order valence-electron chi connectivity index (χ4n) is 10.4. The van der Waals surface area contributed by atoms with Crippen LogP contribution in [0, 0.1) is 0 Å². The maximum Gasteiger partial charge on any atom is 0.160 e. The minimum atomic E-state index is 0.656. The van der Waals surface area contributed by atoms with Crippen molar-refractivity contribution in [2.75, 3.05) is 0 Å². The maximum absolute atomic E-state index is 6.62. The standard InChI is InChI=1S/C65H39N3O2/c1-3-15-42(16-4-1)55-39-56(43-33-31-41(32-34-43)48-24-14-25-50-49-21-8-11-27-57(49)70-64(48)50)68-65(67-55)47-20-13-19-46(37-47)40-29-35-45(36-30-40)63-53-38-59-62(52-23-9-12-28-58(52)69-59)60(44-17-5-2-6-18-44)61(53)51-22-7-10-26-54(51)66-63/h1-39H. The average molecular weight is 894 g/mol. The van der Waals surface area contributed by atoms with Crippen LogP contribution in [-0.4, -0.2) is 15.0 Å². The van der Waals surface area contributed by atoms with Gasteiger partial charge < -0.3 is 8.83 Å². The summed E-state index contributed by atoms with van der Waals surface area (Å²) in [6.07, 6.45) is 0. The van der Waals surface area contributed by atoms with Gasteiger partial charge >= 0.3 is 0 Å². The third kappa shape index (κ3) is 6.59. The van der Waals surface area contributed by atoms with Gasteiger partial charge in [-0.25, -0.2) is 15.0 Å². The molecule has 0 bridgehead atoms. The molecule has 0 aliphatic rings. The van der Waals surface area contributed by atoms with Crippen LogP contribution in [0.2, 0.25) is 0 Å². The van der Waals surface area contributed by atoms with Crippen molar-refractivity contribution >= 4 is 65.6 Å². The highest BCUT2D eigenvalue weighted by atomic mass is 16.3. The number of rotatable bonds is 7. The van der Waals surface area contributed by atoms with Gasteiger partial charge in [-0.05, 0) is 58.7 Å². The Kier molecular flexibility index (Phi) is 9.14. The van der Waals surface area contributed by atoms with Gasteiger partial charge in [-0.1, -0.05) is 200 Å². The van der Waals surface area contributed by atoms with Crippen molar-refractivity contribution in [3.05, 3.63) is 237 Å². The zero-order valence-corrected chi connectivity index (χ0v) is 37.7. The minimum Gasteiger partial charge on any atom is -0.456 e. The number of fused-ring (bicyclic) bond motifs is 9. The van der Waals surface area contributed by atoms with E-state index in [0.717, 1.165) is 138 Å². The predicted octanol–water partition coefficient (Wildman–Crippen LogP) is 17.6. The number of pyridine rings is 1. The molecule has 0 amide bonds. The molecule has 5 nitrogen and oxygen atoms in total. The molecule has 0 spiro atoms. The Balaban J connectivity index is 0.854. The van der Waals surface area contributed by atoms with Crippen LogP contribution in [0.5, 0.6) is 0 Å². The Hall–Kier alpha value is -9.45. The third-order valence-electron chi connectivity index (χ3n) is 13.7. The average Bonchev–Trinajstić information content (AvgIpc) is 4.01. The number of para-hydroxylation sites is 4. The highest BCUT2D eigenvalue weighted by Gasteiger charge is 2.22. The molecule has 0 N–H and O–H groups in total. The number of benzene rings is 10. The maximum atomic E-state index is 6.62. The van der Waals surface area contributed by atoms with E-state index in [1.165, 1.54) is 0 Å². The van der Waals surface area contributed by atoms with E-state index < -0.39 is 0 Å². The number of hydrogen-bond donors (Lipinski definition) is 0. The Labute approximate surface area is 402 Å². The van der Waals surface area contributed by atoms with E-state index in [9.17, 15) is 0 Å². The van der Waals surface area contributed by atoms with E-state index in [1.807, 2.05) is 36.4 Å². The van der Waals surface area contributed by atoms with E-state index in [-0.39, 0.29) is 0 Å². The van der Waals surface area contributed by atoms with Crippen LogP contribution in [0.25, 0.3) is 144 Å². The van der Waals surface area contributed by atoms with Gasteiger partial charge in [-0.15, -0.1) is 0 Å². The lowest BCUT2D eigenvalue weighted by molar-refractivity contribution is 0.669. The lowest BCUT2D eigenvalue weighted by atomic mass is 9.89. The highest BCUT2D eigenvalue weighted by molar-refractivity contribution is 6.27. The van der Waals surface area contributed by atoms with Gasteiger partial charge in [-0.3, -0.25) is 0 Å². The van der Waals surface area contributed by atoms with Crippen LogP contribution in [0.1, 0.15) is 0 Å². The summed E-state index contributed by atoms with van der Waals surface area (Å²) >= 11 is 0. The SMILES string of the molecule is c1ccc(-c2cc(-c3ccc(-c4cccc5c4oc4ccccc45)cc3)nc(-c3cccc(-c4ccc(-c5nc6ccccc6c6c(-c7ccccc7)c7c(cc56)oc5ccccc57)cc4)c3)n2)cc1. The molecule has 326 valence electrons. The van der Waals surface area contributed by atoms with Gasteiger partial charge in [0.2, 0.25) is 0 Å². The van der Waals surface area contributed by atoms with Crippen molar-refractivity contribution in [3.63, 3.8) is 0 Å². The minimum absolute atomic E-state index is 0.656. The van der Waals surface area contributed by atoms with Crippen LogP contribution in [0.3, 0.4) is 0 Å². The molecule has 4 heterocycles. The van der Waals surface area contributed by atoms with E-state index >= 15 is 0 Å². The first kappa shape index (κ1) is 39.7. The van der Waals surface area contributed by atoms with E-state index in [2.05, 4.69) is 200 Å². The molecular weight excluding hydrogens is 855 g/mol. The molecular formula is C65H39N3O2. The van der Waals surface area contributed by atoms with Gasteiger partial charge in [0, 0.05) is 71.1 Å². The van der Waals surface area contributed by atoms with Crippen molar-refractivity contribution in [2.24, 2.45) is 0 Å². The Morgan fingerprint density at radius 1 is 0.286 bits per heavy atom. The molecule has 0 radical (unpaired) electrons. The molecule has 70 heavy (non-hydrogen) atoms. The number of furan rings is 2. The molecule has 14 aromatic rings. The summed E-state index contributed by atoms with van der Waals surface area (Å²) in [6, 6.07) is 82.5. The second-order valence-electron chi connectivity index (χ2n) is 17.8. The van der Waals surface area contributed by atoms with E-state index in [1.54, 1.807) is 0 Å². The van der Waals surface area contributed by atoms with Gasteiger partial charge in [0.1, 0.15) is 22.3 Å². The van der Waals surface area contributed by atoms with Crippen molar-refractivity contribution < 1.29 is 8.83 Å². The summed E-state index contributed by atoms with van der Waals surface area (Å²) in [5.74, 6) is 0.656. The number of hydrogen-bond acceptors (Lipinski definition) is 5. The second-order valence-corrected chi connectivity index (χ2v) is 17.8. The van der Waals surface area contributed by atoms with Crippen LogP contribution in [0.15, 0.2) is 245 Å². The number of aromatic nitrogens is 3. The molecule has 0 fully saturated rings. The summed E-state index contributed by atoms with van der Waals surface area (Å²) in [5.41, 5.74) is 17.6. The Morgan fingerprint density at radius 2 is 0.843 bits per heavy atom. The van der Waals surface area contributed by atoms with Gasteiger partial charge in [0.05, 0.1) is 22.6 Å². The van der Waals surface area contributed by atoms with Crippen molar-refractivity contribution in [1.29, 1.82) is 0 Å². The topological polar surface area (TPSA) is 65.0 Å². The van der Waals surface area contributed by atoms with Crippen molar-refractivity contribution in [3.8, 4) is 78.5 Å². The molecule has 0 aliphatic heterocycles. The molecule has 0 atom stereocenters. The zero-order valence-electron chi connectivity index (χ0n) is 37.7. The second kappa shape index (κ2) is 16.1. The van der Waals surface area contributed by atoms with Crippen LogP contribution < -0.4 is 0 Å². The van der Waals surface area contributed by atoms with E-state index in [0.29, 0.717) is 5.82 Å². The first-order chi connectivity index (χ1) is 34.7. The molecule has 14 rings (SSSR count). The van der Waals surface area contributed by atoms with Crippen LogP contribution in [-0.2, 0) is 0 Å². The first-order valence-corrected chi connectivity index (χ1v) is 23.6. The summed E-state index contributed by atoms with van der Waals surface area (Å²) in [6.45, 7) is 0. The molecule has 0 aliphatic carbocycles. The summed E-state index contributed by atoms with van der Waals surface area (Å²) in [7, 11) is 0. The van der Waals surface area contributed by atoms with Gasteiger partial charge in [0.15, 0.2) is 5.82 Å². The van der Waals surface area contributed by atoms with Crippen LogP contribution in [0.4, 0.5) is 0 Å². The van der Waals surface area contributed by atoms with Gasteiger partial charge in [-0.2, -0.15) is 0 Å². The zero-order chi connectivity index (χ0) is 46.1. The fourth-order valence-corrected chi connectivity index (χ4v) is 10.4. The third-order valence-corrected chi connectivity index (χ3v) is 13.7. The lowest BCUT2D eigenvalue weighted by Gasteiger charge is -2.16. The monoisotopic (exact) mass is 893 g/mol. The fraction of sp³-hybridized carbons (Fsp3) is 0. The summed E-state index contributed by atoms with van der Waals surface area (Å²) in [5, 5.41) is 7.76. The predicted molar refractivity (Wildman–Crippen MR) is 287 cm³/mol. The molecule has 4 aromatic heterocycles. The van der Waals surface area contributed by atoms with Gasteiger partial charge in [0.25, 0.3) is 0 Å². The van der Waals surface area contributed by atoms with E-state index in [4.69, 9.17) is 23.8 Å². The lowest BCUT2D eigenvalue weighted by Crippen LogP contribution is -1.96. The van der Waals surface area contributed by atoms with Crippen molar-refractivity contribution in [2.45, 2.75) is 0 Å². The first-order valence-electron chi connectivity index (χ1n) is 23.6. The smallest absolute Gasteiger partial charge is 0.160 e. The Bertz CT molecular complexity index is 4330. The van der Waals surface area contributed by atoms with Crippen LogP contribution >= 0.6 is 0 Å². The highest BCUT2D eigenvalue weighted by Crippen LogP contribution is 2.46. The molecule has 5 heteroatoms. The quantitative estimate of drug-likeness (QED) is 0.149. The normalized spacial score (nSPS) is 11.7. The molecule has 0 saturated heterocycles. The molecule has 10 aromatic carbocycles. The van der Waals surface area contributed by atoms with Crippen molar-refractivity contribution in [1.82, 2.24) is 15.0 Å². The Morgan fingerprint density at radius 3 is 1.61 bits per heavy atom.